The highest BCUT2D eigenvalue weighted by molar-refractivity contribution is 7.89. The molecule has 162 valence electrons. The van der Waals surface area contributed by atoms with Gasteiger partial charge in [0, 0.05) is 39.3 Å². The summed E-state index contributed by atoms with van der Waals surface area (Å²) in [6.45, 7) is 2.58. The number of hydrogen-bond acceptors (Lipinski definition) is 6. The van der Waals surface area contributed by atoms with E-state index in [2.05, 4.69) is 10.0 Å². The lowest BCUT2D eigenvalue weighted by atomic mass is 10.1. The van der Waals surface area contributed by atoms with Crippen LogP contribution in [0.4, 0.5) is 0 Å². The topological polar surface area (TPSA) is 116 Å². The third kappa shape index (κ3) is 5.34. The predicted octanol–water partition coefficient (Wildman–Crippen LogP) is -0.0402. The van der Waals surface area contributed by atoms with E-state index in [1.165, 1.54) is 28.6 Å². The minimum absolute atomic E-state index is 0.0469. The summed E-state index contributed by atoms with van der Waals surface area (Å²) in [6, 6.07) is 5.18. The number of likely N-dealkylation sites (tertiary alicyclic amines) is 1. The second-order valence-electron chi connectivity index (χ2n) is 7.43. The molecule has 1 amide bonds. The van der Waals surface area contributed by atoms with Gasteiger partial charge in [-0.25, -0.2) is 21.6 Å². The number of likely N-dealkylation sites (N-methyl/N-ethyl adjacent to an activating group) is 1. The number of carbonyl (C=O) groups is 1. The van der Waals surface area contributed by atoms with Crippen molar-refractivity contribution in [2.75, 3.05) is 39.8 Å². The number of rotatable bonds is 7. The van der Waals surface area contributed by atoms with E-state index in [-0.39, 0.29) is 21.7 Å². The molecule has 2 aliphatic rings. The molecule has 2 aliphatic heterocycles. The van der Waals surface area contributed by atoms with Crippen LogP contribution in [0.5, 0.6) is 0 Å². The molecule has 0 unspecified atom stereocenters. The summed E-state index contributed by atoms with van der Waals surface area (Å²) in [5, 5.41) is 2.58. The quantitative estimate of drug-likeness (QED) is 0.610. The smallest absolute Gasteiger partial charge is 0.243 e. The standard InChI is InChI=1S/C18H28N4O5S2/c1-19-18(23)14-21-12-8-15(9-13-21)20-28(24,25)16-4-6-17(7-5-16)29(26,27)22-10-2-3-11-22/h4-7,15,20H,2-3,8-14H2,1H3,(H,19,23). The fraction of sp³-hybridized carbons (Fsp3) is 0.611. The lowest BCUT2D eigenvalue weighted by molar-refractivity contribution is -0.122. The number of hydrogen-bond donors (Lipinski definition) is 2. The molecule has 1 aromatic rings. The van der Waals surface area contributed by atoms with Gasteiger partial charge >= 0.3 is 0 Å². The molecule has 9 nitrogen and oxygen atoms in total. The first-order chi connectivity index (χ1) is 13.7. The zero-order valence-corrected chi connectivity index (χ0v) is 18.1. The van der Waals surface area contributed by atoms with Crippen molar-refractivity contribution in [3.8, 4) is 0 Å². The molecule has 2 heterocycles. The van der Waals surface area contributed by atoms with Gasteiger partial charge in [-0.3, -0.25) is 9.69 Å². The van der Waals surface area contributed by atoms with Crippen molar-refractivity contribution in [2.45, 2.75) is 41.5 Å². The number of piperidine rings is 1. The molecule has 0 aromatic heterocycles. The maximum atomic E-state index is 12.7. The maximum Gasteiger partial charge on any atom is 0.243 e. The van der Waals surface area contributed by atoms with Gasteiger partial charge in [0.05, 0.1) is 16.3 Å². The van der Waals surface area contributed by atoms with E-state index in [4.69, 9.17) is 0 Å². The van der Waals surface area contributed by atoms with Crippen molar-refractivity contribution >= 4 is 26.0 Å². The van der Waals surface area contributed by atoms with Crippen molar-refractivity contribution in [3.63, 3.8) is 0 Å². The Balaban J connectivity index is 1.61. The molecule has 2 fully saturated rings. The molecule has 29 heavy (non-hydrogen) atoms. The molecule has 0 spiro atoms. The molecule has 11 heteroatoms. The van der Waals surface area contributed by atoms with Crippen molar-refractivity contribution in [1.82, 2.24) is 19.2 Å². The Morgan fingerprint density at radius 2 is 1.52 bits per heavy atom. The Morgan fingerprint density at radius 1 is 0.966 bits per heavy atom. The molecular formula is C18H28N4O5S2. The number of amides is 1. The minimum Gasteiger partial charge on any atom is -0.358 e. The number of benzene rings is 1. The average Bonchev–Trinajstić information content (AvgIpc) is 3.25. The minimum atomic E-state index is -3.74. The average molecular weight is 445 g/mol. The van der Waals surface area contributed by atoms with E-state index in [0.29, 0.717) is 45.6 Å². The predicted molar refractivity (Wildman–Crippen MR) is 108 cm³/mol. The number of nitrogens with one attached hydrogen (secondary N) is 2. The second-order valence-corrected chi connectivity index (χ2v) is 11.1. The van der Waals surface area contributed by atoms with E-state index in [9.17, 15) is 21.6 Å². The zero-order chi connectivity index (χ0) is 21.1. The van der Waals surface area contributed by atoms with Crippen LogP contribution in [-0.4, -0.2) is 77.8 Å². The molecular weight excluding hydrogens is 416 g/mol. The monoisotopic (exact) mass is 444 g/mol. The fourth-order valence-electron chi connectivity index (χ4n) is 3.65. The van der Waals surface area contributed by atoms with E-state index in [0.717, 1.165) is 12.8 Å². The van der Waals surface area contributed by atoms with Crippen molar-refractivity contribution in [1.29, 1.82) is 0 Å². The molecule has 0 radical (unpaired) electrons. The van der Waals surface area contributed by atoms with Gasteiger partial charge in [0.2, 0.25) is 26.0 Å². The van der Waals surface area contributed by atoms with E-state index < -0.39 is 20.0 Å². The van der Waals surface area contributed by atoms with Crippen molar-refractivity contribution in [3.05, 3.63) is 24.3 Å². The Hall–Kier alpha value is -1.53. The van der Waals surface area contributed by atoms with Gasteiger partial charge in [0.1, 0.15) is 0 Å². The largest absolute Gasteiger partial charge is 0.358 e. The van der Waals surface area contributed by atoms with Gasteiger partial charge in [-0.1, -0.05) is 0 Å². The van der Waals surface area contributed by atoms with Gasteiger partial charge in [-0.2, -0.15) is 4.31 Å². The lowest BCUT2D eigenvalue weighted by Gasteiger charge is -2.31. The van der Waals surface area contributed by atoms with E-state index >= 15 is 0 Å². The van der Waals surface area contributed by atoms with Crippen LogP contribution in [0.3, 0.4) is 0 Å². The third-order valence-corrected chi connectivity index (χ3v) is 8.84. The first-order valence-corrected chi connectivity index (χ1v) is 12.7. The Labute approximate surface area is 172 Å². The van der Waals surface area contributed by atoms with E-state index in [1.54, 1.807) is 7.05 Å². The molecule has 0 saturated carbocycles. The molecule has 0 aliphatic carbocycles. The van der Waals surface area contributed by atoms with Crippen LogP contribution < -0.4 is 10.0 Å². The summed E-state index contributed by atoms with van der Waals surface area (Å²) in [4.78, 5) is 13.6. The van der Waals surface area contributed by atoms with Crippen LogP contribution in [0.1, 0.15) is 25.7 Å². The molecule has 0 atom stereocenters. The van der Waals surface area contributed by atoms with Crippen LogP contribution in [0.25, 0.3) is 0 Å². The van der Waals surface area contributed by atoms with Crippen molar-refractivity contribution < 1.29 is 21.6 Å². The first kappa shape index (κ1) is 22.2. The van der Waals surface area contributed by atoms with Gasteiger partial charge in [-0.05, 0) is 49.9 Å². The van der Waals surface area contributed by atoms with Gasteiger partial charge in [-0.15, -0.1) is 0 Å². The Bertz CT molecular complexity index is 918. The summed E-state index contributed by atoms with van der Waals surface area (Å²) in [5.41, 5.74) is 0. The maximum absolute atomic E-state index is 12.7. The molecule has 1 aromatic carbocycles. The Kier molecular flexibility index (Phi) is 6.94. The highest BCUT2D eigenvalue weighted by Crippen LogP contribution is 2.22. The lowest BCUT2D eigenvalue weighted by Crippen LogP contribution is -2.47. The van der Waals surface area contributed by atoms with Crippen molar-refractivity contribution in [2.24, 2.45) is 0 Å². The number of nitrogens with zero attached hydrogens (tertiary/aromatic N) is 2. The van der Waals surface area contributed by atoms with Gasteiger partial charge < -0.3 is 5.32 Å². The third-order valence-electron chi connectivity index (χ3n) is 5.39. The summed E-state index contributed by atoms with van der Waals surface area (Å²) in [7, 11) is -5.72. The van der Waals surface area contributed by atoms with Crippen LogP contribution in [0.2, 0.25) is 0 Å². The highest BCUT2D eigenvalue weighted by Gasteiger charge is 2.29. The Morgan fingerprint density at radius 3 is 2.07 bits per heavy atom. The molecule has 0 bridgehead atoms. The van der Waals surface area contributed by atoms with Gasteiger partial charge in [0.25, 0.3) is 0 Å². The second kappa shape index (κ2) is 9.09. The summed E-state index contributed by atoms with van der Waals surface area (Å²) >= 11 is 0. The van der Waals surface area contributed by atoms with Crippen LogP contribution in [0, 0.1) is 0 Å². The number of sulfonamides is 2. The molecule has 2 saturated heterocycles. The van der Waals surface area contributed by atoms with Gasteiger partial charge in [0.15, 0.2) is 0 Å². The first-order valence-electron chi connectivity index (χ1n) is 9.78. The summed E-state index contributed by atoms with van der Waals surface area (Å²) < 4.78 is 54.6. The SMILES string of the molecule is CNC(=O)CN1CCC(NS(=O)(=O)c2ccc(S(=O)(=O)N3CCCC3)cc2)CC1. The van der Waals surface area contributed by atoms with Crippen LogP contribution in [0.15, 0.2) is 34.1 Å². The van der Waals surface area contributed by atoms with E-state index in [1.807, 2.05) is 4.90 Å². The molecule has 2 N–H and O–H groups in total. The highest BCUT2D eigenvalue weighted by atomic mass is 32.2. The summed E-state index contributed by atoms with van der Waals surface area (Å²) in [5.74, 6) is -0.0620. The van der Waals surface area contributed by atoms with Crippen LogP contribution >= 0.6 is 0 Å². The summed E-state index contributed by atoms with van der Waals surface area (Å²) in [6.07, 6.45) is 2.91. The number of carbonyl (C=O) groups excluding carboxylic acids is 1. The molecule has 3 rings (SSSR count). The normalized spacial score (nSPS) is 20.0. The zero-order valence-electron chi connectivity index (χ0n) is 16.5. The fourth-order valence-corrected chi connectivity index (χ4v) is 6.47. The van der Waals surface area contributed by atoms with Crippen LogP contribution in [-0.2, 0) is 24.8 Å².